The van der Waals surface area contributed by atoms with E-state index in [1.54, 1.807) is 0 Å². The van der Waals surface area contributed by atoms with Gasteiger partial charge in [-0.1, -0.05) is 30.7 Å². The van der Waals surface area contributed by atoms with Gasteiger partial charge < -0.3 is 9.30 Å². The van der Waals surface area contributed by atoms with Crippen molar-refractivity contribution in [3.05, 3.63) is 47.5 Å². The molecule has 1 aromatic carbocycles. The Bertz CT molecular complexity index is 482. The van der Waals surface area contributed by atoms with Crippen molar-refractivity contribution in [2.24, 2.45) is 0 Å². The zero-order chi connectivity index (χ0) is 12.1. The first-order valence-corrected chi connectivity index (χ1v) is 6.05. The lowest BCUT2D eigenvalue weighted by Gasteiger charge is -2.09. The Morgan fingerprint density at radius 3 is 2.94 bits per heavy atom. The highest BCUT2D eigenvalue weighted by Crippen LogP contribution is 2.23. The van der Waals surface area contributed by atoms with Crippen LogP contribution in [0, 0.1) is 0 Å². The molecule has 0 saturated carbocycles. The van der Waals surface area contributed by atoms with Crippen LogP contribution in [0.25, 0.3) is 0 Å². The molecule has 0 unspecified atom stereocenters. The molecule has 0 saturated heterocycles. The third kappa shape index (κ3) is 3.01. The van der Waals surface area contributed by atoms with Crippen LogP contribution in [0.15, 0.2) is 36.8 Å². The summed E-state index contributed by atoms with van der Waals surface area (Å²) in [7, 11) is 0. The molecule has 4 heteroatoms. The molecule has 0 aliphatic rings. The van der Waals surface area contributed by atoms with E-state index in [4.69, 9.17) is 16.3 Å². The lowest BCUT2D eigenvalue weighted by atomic mass is 10.3. The van der Waals surface area contributed by atoms with Gasteiger partial charge >= 0.3 is 0 Å². The second-order valence-electron chi connectivity index (χ2n) is 3.80. The highest BCUT2D eigenvalue weighted by molar-refractivity contribution is 6.32. The molecule has 0 spiro atoms. The van der Waals surface area contributed by atoms with Crippen LogP contribution in [0.4, 0.5) is 0 Å². The number of aryl methyl sites for hydroxylation is 1. The Morgan fingerprint density at radius 1 is 1.35 bits per heavy atom. The molecule has 0 N–H and O–H groups in total. The Labute approximate surface area is 106 Å². The SMILES string of the molecule is CCCn1cncc1COc1ccccc1Cl. The molecule has 2 rings (SSSR count). The van der Waals surface area contributed by atoms with Gasteiger partial charge in [0.25, 0.3) is 0 Å². The fourth-order valence-electron chi connectivity index (χ4n) is 1.62. The van der Waals surface area contributed by atoms with Gasteiger partial charge in [-0.3, -0.25) is 0 Å². The number of hydrogen-bond donors (Lipinski definition) is 0. The van der Waals surface area contributed by atoms with Gasteiger partial charge in [0.2, 0.25) is 0 Å². The number of ether oxygens (including phenoxy) is 1. The topological polar surface area (TPSA) is 27.1 Å². The molecule has 0 fully saturated rings. The molecule has 3 nitrogen and oxygen atoms in total. The smallest absolute Gasteiger partial charge is 0.138 e. The van der Waals surface area contributed by atoms with Crippen LogP contribution in [0.1, 0.15) is 19.0 Å². The molecule has 17 heavy (non-hydrogen) atoms. The highest BCUT2D eigenvalue weighted by Gasteiger charge is 2.04. The molecule has 0 amide bonds. The van der Waals surface area contributed by atoms with E-state index in [2.05, 4.69) is 16.5 Å². The quantitative estimate of drug-likeness (QED) is 0.812. The van der Waals surface area contributed by atoms with Crippen LogP contribution in [0.5, 0.6) is 5.75 Å². The molecule has 1 aromatic heterocycles. The van der Waals surface area contributed by atoms with E-state index >= 15 is 0 Å². The van der Waals surface area contributed by atoms with Crippen molar-refractivity contribution < 1.29 is 4.74 Å². The van der Waals surface area contributed by atoms with E-state index in [1.807, 2.05) is 36.8 Å². The minimum Gasteiger partial charge on any atom is -0.486 e. The van der Waals surface area contributed by atoms with Gasteiger partial charge in [0.05, 0.1) is 23.2 Å². The van der Waals surface area contributed by atoms with Gasteiger partial charge in [-0.2, -0.15) is 0 Å². The maximum atomic E-state index is 6.02. The molecule has 0 aliphatic heterocycles. The highest BCUT2D eigenvalue weighted by atomic mass is 35.5. The van der Waals surface area contributed by atoms with E-state index in [-0.39, 0.29) is 0 Å². The van der Waals surface area contributed by atoms with Crippen LogP contribution >= 0.6 is 11.6 Å². The number of halogens is 1. The number of aromatic nitrogens is 2. The maximum Gasteiger partial charge on any atom is 0.138 e. The standard InChI is InChI=1S/C13H15ClN2O/c1-2-7-16-10-15-8-11(16)9-17-13-6-4-3-5-12(13)14/h3-6,8,10H,2,7,9H2,1H3. The summed E-state index contributed by atoms with van der Waals surface area (Å²) in [6, 6.07) is 7.48. The molecular weight excluding hydrogens is 236 g/mol. The number of hydrogen-bond acceptors (Lipinski definition) is 2. The average Bonchev–Trinajstić information content (AvgIpc) is 2.76. The van der Waals surface area contributed by atoms with E-state index in [0.717, 1.165) is 18.7 Å². The number of para-hydroxylation sites is 1. The first kappa shape index (κ1) is 12.0. The molecule has 0 bridgehead atoms. The maximum absolute atomic E-state index is 6.02. The molecule has 0 radical (unpaired) electrons. The van der Waals surface area contributed by atoms with Gasteiger partial charge in [-0.05, 0) is 18.6 Å². The Hall–Kier alpha value is -1.48. The van der Waals surface area contributed by atoms with Crippen LogP contribution in [-0.2, 0) is 13.2 Å². The zero-order valence-electron chi connectivity index (χ0n) is 9.77. The van der Waals surface area contributed by atoms with Gasteiger partial charge in [-0.15, -0.1) is 0 Å². The molecule has 1 heterocycles. The molecule has 2 aromatic rings. The van der Waals surface area contributed by atoms with Crippen molar-refractivity contribution in [3.63, 3.8) is 0 Å². The number of nitrogens with zero attached hydrogens (tertiary/aromatic N) is 2. The second kappa shape index (κ2) is 5.73. The Balaban J connectivity index is 2.02. The van der Waals surface area contributed by atoms with Crippen molar-refractivity contribution in [2.75, 3.05) is 0 Å². The van der Waals surface area contributed by atoms with Crippen LogP contribution in [0.2, 0.25) is 5.02 Å². The molecule has 90 valence electrons. The summed E-state index contributed by atoms with van der Waals surface area (Å²) < 4.78 is 7.77. The van der Waals surface area contributed by atoms with Crippen LogP contribution in [0.3, 0.4) is 0 Å². The normalized spacial score (nSPS) is 10.5. The summed E-state index contributed by atoms with van der Waals surface area (Å²) in [5.41, 5.74) is 1.06. The molecule has 0 atom stereocenters. The summed E-state index contributed by atoms with van der Waals surface area (Å²) in [5.74, 6) is 0.707. The van der Waals surface area contributed by atoms with E-state index in [0.29, 0.717) is 17.4 Å². The van der Waals surface area contributed by atoms with Gasteiger partial charge in [0.15, 0.2) is 0 Å². The van der Waals surface area contributed by atoms with E-state index < -0.39 is 0 Å². The lowest BCUT2D eigenvalue weighted by Crippen LogP contribution is -2.05. The van der Waals surface area contributed by atoms with Crippen molar-refractivity contribution in [3.8, 4) is 5.75 Å². The second-order valence-corrected chi connectivity index (χ2v) is 4.20. The Kier molecular flexibility index (Phi) is 4.04. The Morgan fingerprint density at radius 2 is 2.18 bits per heavy atom. The van der Waals surface area contributed by atoms with E-state index in [9.17, 15) is 0 Å². The summed E-state index contributed by atoms with van der Waals surface area (Å²) >= 11 is 6.02. The van der Waals surface area contributed by atoms with Gasteiger partial charge in [0, 0.05) is 6.54 Å². The summed E-state index contributed by atoms with van der Waals surface area (Å²) in [4.78, 5) is 4.13. The van der Waals surface area contributed by atoms with E-state index in [1.165, 1.54) is 0 Å². The largest absolute Gasteiger partial charge is 0.486 e. The van der Waals surface area contributed by atoms with Crippen molar-refractivity contribution in [1.29, 1.82) is 0 Å². The minimum atomic E-state index is 0.490. The summed E-state index contributed by atoms with van der Waals surface area (Å²) in [6.07, 6.45) is 4.73. The number of benzene rings is 1. The number of imidazole rings is 1. The monoisotopic (exact) mass is 250 g/mol. The summed E-state index contributed by atoms with van der Waals surface area (Å²) in [5, 5.41) is 0.633. The average molecular weight is 251 g/mol. The number of rotatable bonds is 5. The predicted molar refractivity (Wildman–Crippen MR) is 68.3 cm³/mol. The predicted octanol–water partition coefficient (Wildman–Crippen LogP) is 3.53. The summed E-state index contributed by atoms with van der Waals surface area (Å²) in [6.45, 7) is 3.59. The fourth-order valence-corrected chi connectivity index (χ4v) is 1.81. The molecular formula is C13H15ClN2O. The van der Waals surface area contributed by atoms with Crippen molar-refractivity contribution in [1.82, 2.24) is 9.55 Å². The van der Waals surface area contributed by atoms with Crippen molar-refractivity contribution >= 4 is 11.6 Å². The van der Waals surface area contributed by atoms with Gasteiger partial charge in [0.1, 0.15) is 12.4 Å². The van der Waals surface area contributed by atoms with Gasteiger partial charge in [-0.25, -0.2) is 4.98 Å². The zero-order valence-corrected chi connectivity index (χ0v) is 10.5. The lowest BCUT2D eigenvalue weighted by molar-refractivity contribution is 0.295. The first-order chi connectivity index (χ1) is 8.31. The third-order valence-corrected chi connectivity index (χ3v) is 2.79. The fraction of sp³-hybridized carbons (Fsp3) is 0.308. The van der Waals surface area contributed by atoms with Crippen LogP contribution < -0.4 is 4.74 Å². The van der Waals surface area contributed by atoms with Crippen molar-refractivity contribution in [2.45, 2.75) is 26.5 Å². The molecule has 0 aliphatic carbocycles. The first-order valence-electron chi connectivity index (χ1n) is 5.67. The third-order valence-electron chi connectivity index (χ3n) is 2.48. The minimum absolute atomic E-state index is 0.490. The van der Waals surface area contributed by atoms with Crippen LogP contribution in [-0.4, -0.2) is 9.55 Å².